The maximum atomic E-state index is 5.04. The minimum atomic E-state index is 0.837. The third kappa shape index (κ3) is 2.75. The average Bonchev–Trinajstić information content (AvgIpc) is 3.58. The number of rotatable bonds is 3. The Morgan fingerprint density at radius 1 is 0.389 bits per heavy atom. The molecule has 0 spiro atoms. The van der Waals surface area contributed by atoms with E-state index in [1.54, 1.807) is 0 Å². The SMILES string of the molecule is c1ccc2c(c1)c1ccccc1n1nc(CCc3cc4c5ccccc5c5ccccc5n4n3)cc21. The molecule has 170 valence electrons. The lowest BCUT2D eigenvalue weighted by Crippen LogP contribution is -1.96. The van der Waals surface area contributed by atoms with E-state index in [0.717, 1.165) is 46.3 Å². The molecular formula is C32H22N4. The molecule has 36 heavy (non-hydrogen) atoms. The van der Waals surface area contributed by atoms with Crippen molar-refractivity contribution in [3.05, 3.63) is 121 Å². The van der Waals surface area contributed by atoms with Crippen molar-refractivity contribution in [3.8, 4) is 0 Å². The fraction of sp³-hybridized carbons (Fsp3) is 0.0625. The minimum Gasteiger partial charge on any atom is -0.232 e. The van der Waals surface area contributed by atoms with Gasteiger partial charge in [-0.15, -0.1) is 0 Å². The third-order valence-electron chi connectivity index (χ3n) is 7.41. The quantitative estimate of drug-likeness (QED) is 0.257. The van der Waals surface area contributed by atoms with E-state index in [4.69, 9.17) is 10.2 Å². The molecule has 0 N–H and O–H groups in total. The molecule has 0 aliphatic carbocycles. The molecule has 4 aromatic heterocycles. The van der Waals surface area contributed by atoms with Crippen LogP contribution in [0.4, 0.5) is 0 Å². The Balaban J connectivity index is 1.25. The van der Waals surface area contributed by atoms with Crippen molar-refractivity contribution >= 4 is 54.4 Å². The summed E-state index contributed by atoms with van der Waals surface area (Å²) < 4.78 is 4.22. The smallest absolute Gasteiger partial charge is 0.0750 e. The second kappa shape index (κ2) is 7.40. The van der Waals surface area contributed by atoms with Crippen molar-refractivity contribution in [2.45, 2.75) is 12.8 Å². The molecule has 0 saturated carbocycles. The molecule has 0 bridgehead atoms. The van der Waals surface area contributed by atoms with E-state index in [1.165, 1.54) is 32.3 Å². The lowest BCUT2D eigenvalue weighted by molar-refractivity contribution is 0.830. The summed E-state index contributed by atoms with van der Waals surface area (Å²) in [4.78, 5) is 0. The highest BCUT2D eigenvalue weighted by Gasteiger charge is 2.14. The highest BCUT2D eigenvalue weighted by Crippen LogP contribution is 2.31. The van der Waals surface area contributed by atoms with E-state index in [2.05, 4.69) is 118 Å². The predicted octanol–water partition coefficient (Wildman–Crippen LogP) is 7.38. The Bertz CT molecular complexity index is 1810. The molecule has 0 aliphatic rings. The van der Waals surface area contributed by atoms with Crippen LogP contribution < -0.4 is 0 Å². The molecule has 0 radical (unpaired) electrons. The normalized spacial score (nSPS) is 12.1. The van der Waals surface area contributed by atoms with Gasteiger partial charge >= 0.3 is 0 Å². The Kier molecular flexibility index (Phi) is 4.03. The highest BCUT2D eigenvalue weighted by molar-refractivity contribution is 6.13. The van der Waals surface area contributed by atoms with Gasteiger partial charge in [-0.2, -0.15) is 10.2 Å². The summed E-state index contributed by atoms with van der Waals surface area (Å²) in [6.07, 6.45) is 1.67. The number of aryl methyl sites for hydroxylation is 2. The fourth-order valence-corrected chi connectivity index (χ4v) is 5.77. The van der Waals surface area contributed by atoms with Crippen LogP contribution in [0.5, 0.6) is 0 Å². The van der Waals surface area contributed by atoms with Crippen molar-refractivity contribution in [1.29, 1.82) is 0 Å². The molecule has 0 atom stereocenters. The van der Waals surface area contributed by atoms with E-state index >= 15 is 0 Å². The zero-order valence-corrected chi connectivity index (χ0v) is 19.6. The first kappa shape index (κ1) is 19.6. The first-order valence-electron chi connectivity index (χ1n) is 12.4. The van der Waals surface area contributed by atoms with Gasteiger partial charge in [-0.1, -0.05) is 84.9 Å². The van der Waals surface area contributed by atoms with E-state index in [1.807, 2.05) is 0 Å². The summed E-state index contributed by atoms with van der Waals surface area (Å²) in [5, 5.41) is 17.6. The molecule has 4 nitrogen and oxygen atoms in total. The molecule has 4 heteroatoms. The summed E-state index contributed by atoms with van der Waals surface area (Å²) >= 11 is 0. The molecule has 0 saturated heterocycles. The molecule has 0 aliphatic heterocycles. The Morgan fingerprint density at radius 3 is 1.14 bits per heavy atom. The number of para-hydroxylation sites is 2. The zero-order chi connectivity index (χ0) is 23.6. The first-order valence-corrected chi connectivity index (χ1v) is 12.4. The van der Waals surface area contributed by atoms with Crippen LogP contribution in [0, 0.1) is 0 Å². The van der Waals surface area contributed by atoms with Crippen LogP contribution in [0.15, 0.2) is 109 Å². The van der Waals surface area contributed by atoms with Crippen LogP contribution in [0.1, 0.15) is 11.4 Å². The lowest BCUT2D eigenvalue weighted by atomic mass is 10.0. The number of nitrogens with zero attached hydrogens (tertiary/aromatic N) is 4. The van der Waals surface area contributed by atoms with Crippen molar-refractivity contribution < 1.29 is 0 Å². The Hall–Kier alpha value is -4.70. The maximum absolute atomic E-state index is 5.04. The molecule has 8 rings (SSSR count). The van der Waals surface area contributed by atoms with Crippen LogP contribution in [0.2, 0.25) is 0 Å². The van der Waals surface area contributed by atoms with Crippen molar-refractivity contribution in [2.75, 3.05) is 0 Å². The summed E-state index contributed by atoms with van der Waals surface area (Å²) in [6.45, 7) is 0. The molecule has 0 amide bonds. The van der Waals surface area contributed by atoms with Crippen LogP contribution in [-0.4, -0.2) is 19.2 Å². The second-order valence-corrected chi connectivity index (χ2v) is 9.49. The van der Waals surface area contributed by atoms with Gasteiger partial charge in [-0.3, -0.25) is 0 Å². The number of benzene rings is 4. The molecule has 8 aromatic rings. The van der Waals surface area contributed by atoms with Crippen LogP contribution in [-0.2, 0) is 12.8 Å². The first-order chi connectivity index (χ1) is 17.8. The van der Waals surface area contributed by atoms with Crippen molar-refractivity contribution in [2.24, 2.45) is 0 Å². The number of hydrogen-bond acceptors (Lipinski definition) is 2. The van der Waals surface area contributed by atoms with Gasteiger partial charge < -0.3 is 0 Å². The van der Waals surface area contributed by atoms with Crippen LogP contribution >= 0.6 is 0 Å². The van der Waals surface area contributed by atoms with Gasteiger partial charge in [0.2, 0.25) is 0 Å². The number of aromatic nitrogens is 4. The summed E-state index contributed by atoms with van der Waals surface area (Å²) in [5.74, 6) is 0. The van der Waals surface area contributed by atoms with Gasteiger partial charge in [-0.25, -0.2) is 9.03 Å². The van der Waals surface area contributed by atoms with E-state index in [9.17, 15) is 0 Å². The van der Waals surface area contributed by atoms with Gasteiger partial charge in [0.15, 0.2) is 0 Å². The average molecular weight is 463 g/mol. The highest BCUT2D eigenvalue weighted by atomic mass is 15.2. The monoisotopic (exact) mass is 462 g/mol. The van der Waals surface area contributed by atoms with E-state index in [-0.39, 0.29) is 0 Å². The molecular weight excluding hydrogens is 440 g/mol. The number of fused-ring (bicyclic) bond motifs is 12. The summed E-state index contributed by atoms with van der Waals surface area (Å²) in [5.41, 5.74) is 6.77. The molecule has 4 heterocycles. The predicted molar refractivity (Wildman–Crippen MR) is 148 cm³/mol. The van der Waals surface area contributed by atoms with Crippen molar-refractivity contribution in [1.82, 2.24) is 19.2 Å². The topological polar surface area (TPSA) is 34.6 Å². The Morgan fingerprint density at radius 2 is 0.722 bits per heavy atom. The standard InChI is InChI=1S/C32H22N4/c1-3-13-27-23(9-1)25-11-5-7-15-29(25)35-31(27)19-21(33-35)17-18-22-20-32-28-14-4-2-10-24(28)26-12-6-8-16-30(26)36(32)34-22/h1-16,19-20H,17-18H2. The fourth-order valence-electron chi connectivity index (χ4n) is 5.77. The van der Waals surface area contributed by atoms with E-state index < -0.39 is 0 Å². The number of hydrogen-bond donors (Lipinski definition) is 0. The molecule has 0 fully saturated rings. The van der Waals surface area contributed by atoms with Crippen LogP contribution in [0.25, 0.3) is 54.4 Å². The molecule has 4 aromatic carbocycles. The lowest BCUT2D eigenvalue weighted by Gasteiger charge is -2.07. The van der Waals surface area contributed by atoms with Crippen LogP contribution in [0.3, 0.4) is 0 Å². The van der Waals surface area contributed by atoms with Gasteiger partial charge in [0.1, 0.15) is 0 Å². The van der Waals surface area contributed by atoms with Gasteiger partial charge in [-0.05, 0) is 47.9 Å². The van der Waals surface area contributed by atoms with Gasteiger partial charge in [0, 0.05) is 21.5 Å². The van der Waals surface area contributed by atoms with E-state index in [0.29, 0.717) is 0 Å². The van der Waals surface area contributed by atoms with Gasteiger partial charge in [0.25, 0.3) is 0 Å². The zero-order valence-electron chi connectivity index (χ0n) is 19.6. The molecule has 0 unspecified atom stereocenters. The number of pyridine rings is 2. The maximum Gasteiger partial charge on any atom is 0.0750 e. The summed E-state index contributed by atoms with van der Waals surface area (Å²) in [6, 6.07) is 38.8. The largest absolute Gasteiger partial charge is 0.232 e. The second-order valence-electron chi connectivity index (χ2n) is 9.49. The van der Waals surface area contributed by atoms with Gasteiger partial charge in [0.05, 0.1) is 33.5 Å². The Labute approximate surface area is 207 Å². The third-order valence-corrected chi connectivity index (χ3v) is 7.41. The summed E-state index contributed by atoms with van der Waals surface area (Å²) in [7, 11) is 0. The minimum absolute atomic E-state index is 0.837. The van der Waals surface area contributed by atoms with Crippen molar-refractivity contribution in [3.63, 3.8) is 0 Å².